The average molecular weight is 650 g/mol. The summed E-state index contributed by atoms with van der Waals surface area (Å²) in [4.78, 5) is 22.3. The Labute approximate surface area is 261 Å². The number of aromatic nitrogens is 2. The molecule has 46 heavy (non-hydrogen) atoms. The molecule has 14 heteroatoms. The van der Waals surface area contributed by atoms with Crippen molar-refractivity contribution in [2.45, 2.75) is 4.90 Å². The standard InChI is InChI=1S/C32H26F3N5O5S/c1-44-31-26(39-46(42,43)27-9-7-22(33)16-24(27)34)15-21(17-37-31)20-6-8-25-23(14-20)29(35)28(30(36)38-25)18-2-4-19(5-3-18)32(41)40-10-12-45-13-11-40/h2-9,14-17,39H,10-13H2,1H3,(H2,36,38). The molecule has 3 aromatic carbocycles. The Morgan fingerprint density at radius 3 is 2.37 bits per heavy atom. The van der Waals surface area contributed by atoms with Gasteiger partial charge in [-0.1, -0.05) is 18.2 Å². The molecule has 236 valence electrons. The van der Waals surface area contributed by atoms with Crippen LogP contribution in [0.1, 0.15) is 10.4 Å². The van der Waals surface area contributed by atoms with Crippen LogP contribution in [0.4, 0.5) is 24.7 Å². The highest BCUT2D eigenvalue weighted by atomic mass is 32.2. The Balaban J connectivity index is 1.34. The minimum atomic E-state index is -4.51. The second kappa shape index (κ2) is 12.3. The number of hydrogen-bond donors (Lipinski definition) is 2. The number of halogens is 3. The first-order chi connectivity index (χ1) is 22.1. The van der Waals surface area contributed by atoms with Crippen LogP contribution in [-0.4, -0.2) is 62.6 Å². The van der Waals surface area contributed by atoms with E-state index >= 15 is 4.39 Å². The zero-order chi connectivity index (χ0) is 32.6. The number of fused-ring (bicyclic) bond motifs is 1. The Bertz CT molecular complexity index is 2090. The number of rotatable bonds is 7. The Morgan fingerprint density at radius 1 is 0.957 bits per heavy atom. The molecule has 0 aliphatic carbocycles. The Hall–Kier alpha value is -5.21. The van der Waals surface area contributed by atoms with E-state index in [-0.39, 0.29) is 39.8 Å². The van der Waals surface area contributed by atoms with Gasteiger partial charge in [0.25, 0.3) is 15.9 Å². The number of nitrogens with zero attached hydrogens (tertiary/aromatic N) is 3. The van der Waals surface area contributed by atoms with Gasteiger partial charge in [0.05, 0.1) is 31.4 Å². The van der Waals surface area contributed by atoms with E-state index in [1.807, 2.05) is 0 Å². The maximum atomic E-state index is 16.1. The van der Waals surface area contributed by atoms with Crippen LogP contribution in [0.2, 0.25) is 0 Å². The fourth-order valence-corrected chi connectivity index (χ4v) is 6.27. The summed E-state index contributed by atoms with van der Waals surface area (Å²) >= 11 is 0. The van der Waals surface area contributed by atoms with Crippen molar-refractivity contribution < 1.29 is 35.9 Å². The van der Waals surface area contributed by atoms with Crippen LogP contribution >= 0.6 is 0 Å². The topological polar surface area (TPSA) is 137 Å². The zero-order valence-electron chi connectivity index (χ0n) is 24.3. The smallest absolute Gasteiger partial charge is 0.264 e. The number of carbonyl (C=O) groups is 1. The monoisotopic (exact) mass is 649 g/mol. The van der Waals surface area contributed by atoms with Gasteiger partial charge in [-0.25, -0.2) is 31.6 Å². The number of nitrogens with two attached hydrogens (primary N) is 1. The summed E-state index contributed by atoms with van der Waals surface area (Å²) in [5.41, 5.74) is 8.05. The predicted octanol–water partition coefficient (Wildman–Crippen LogP) is 5.25. The maximum Gasteiger partial charge on any atom is 0.264 e. The van der Waals surface area contributed by atoms with Gasteiger partial charge >= 0.3 is 0 Å². The van der Waals surface area contributed by atoms with E-state index in [0.717, 1.165) is 12.1 Å². The van der Waals surface area contributed by atoms with Crippen molar-refractivity contribution in [1.29, 1.82) is 0 Å². The number of benzene rings is 3. The van der Waals surface area contributed by atoms with Crippen LogP contribution < -0.4 is 15.2 Å². The molecule has 0 atom stereocenters. The normalized spacial score (nSPS) is 13.5. The van der Waals surface area contributed by atoms with Crippen LogP contribution in [0.5, 0.6) is 5.88 Å². The number of hydrogen-bond acceptors (Lipinski definition) is 8. The molecule has 2 aromatic heterocycles. The number of pyridine rings is 2. The number of ether oxygens (including phenoxy) is 2. The van der Waals surface area contributed by atoms with Gasteiger partial charge in [0, 0.05) is 41.9 Å². The van der Waals surface area contributed by atoms with Gasteiger partial charge in [-0.3, -0.25) is 9.52 Å². The molecule has 0 saturated carbocycles. The van der Waals surface area contributed by atoms with Crippen molar-refractivity contribution in [3.8, 4) is 28.1 Å². The van der Waals surface area contributed by atoms with Crippen molar-refractivity contribution in [3.05, 3.63) is 95.9 Å². The molecule has 3 N–H and O–H groups in total. The summed E-state index contributed by atoms with van der Waals surface area (Å²) in [5, 5.41) is 0.126. The second-order valence-electron chi connectivity index (χ2n) is 10.4. The average Bonchev–Trinajstić information content (AvgIpc) is 3.04. The summed E-state index contributed by atoms with van der Waals surface area (Å²) in [6.45, 7) is 1.91. The zero-order valence-corrected chi connectivity index (χ0v) is 25.1. The lowest BCUT2D eigenvalue weighted by Crippen LogP contribution is -2.40. The van der Waals surface area contributed by atoms with Crippen molar-refractivity contribution >= 4 is 38.3 Å². The van der Waals surface area contributed by atoms with Gasteiger partial charge in [0.2, 0.25) is 5.88 Å². The summed E-state index contributed by atoms with van der Waals surface area (Å²) in [6, 6.07) is 14.6. The molecule has 1 aliphatic heterocycles. The van der Waals surface area contributed by atoms with E-state index in [0.29, 0.717) is 54.6 Å². The van der Waals surface area contributed by atoms with Crippen LogP contribution in [0.15, 0.2) is 77.8 Å². The molecule has 1 aliphatic rings. The van der Waals surface area contributed by atoms with Crippen molar-refractivity contribution in [2.24, 2.45) is 0 Å². The molecular weight excluding hydrogens is 623 g/mol. The number of carbonyl (C=O) groups excluding carboxylic acids is 1. The number of amides is 1. The van der Waals surface area contributed by atoms with Crippen LogP contribution in [-0.2, 0) is 14.8 Å². The van der Waals surface area contributed by atoms with Gasteiger partial charge in [-0.05, 0) is 53.6 Å². The summed E-state index contributed by atoms with van der Waals surface area (Å²) in [6.07, 6.45) is 1.39. The molecule has 1 amide bonds. The first-order valence-corrected chi connectivity index (χ1v) is 15.4. The molecule has 1 fully saturated rings. The van der Waals surface area contributed by atoms with Gasteiger partial charge in [0.1, 0.15) is 33.9 Å². The number of anilines is 2. The molecule has 3 heterocycles. The Kier molecular flexibility index (Phi) is 8.23. The van der Waals surface area contributed by atoms with Gasteiger partial charge in [0.15, 0.2) is 0 Å². The SMILES string of the molecule is COc1ncc(-c2ccc3nc(N)c(-c4ccc(C(=O)N5CCOCC5)cc4)c(F)c3c2)cc1NS(=O)(=O)c1ccc(F)cc1F. The minimum Gasteiger partial charge on any atom is -0.480 e. The minimum absolute atomic E-state index is 0.0409. The van der Waals surface area contributed by atoms with Crippen LogP contribution in [0.25, 0.3) is 33.2 Å². The van der Waals surface area contributed by atoms with E-state index in [2.05, 4.69) is 14.7 Å². The third-order valence-electron chi connectivity index (χ3n) is 7.47. The third kappa shape index (κ3) is 5.91. The fourth-order valence-electron chi connectivity index (χ4n) is 5.16. The molecule has 0 bridgehead atoms. The maximum absolute atomic E-state index is 16.1. The van der Waals surface area contributed by atoms with Crippen LogP contribution in [0.3, 0.4) is 0 Å². The Morgan fingerprint density at radius 2 is 1.67 bits per heavy atom. The predicted molar refractivity (Wildman–Crippen MR) is 165 cm³/mol. The molecule has 0 spiro atoms. The molecular formula is C32H26F3N5O5S. The quantitative estimate of drug-likeness (QED) is 0.244. The fraction of sp³-hybridized carbons (Fsp3) is 0.156. The number of morpholine rings is 1. The second-order valence-corrected chi connectivity index (χ2v) is 12.0. The number of methoxy groups -OCH3 is 1. The van der Waals surface area contributed by atoms with Crippen LogP contribution in [0, 0.1) is 17.5 Å². The molecule has 5 aromatic rings. The van der Waals surface area contributed by atoms with E-state index < -0.39 is 32.4 Å². The van der Waals surface area contributed by atoms with Gasteiger partial charge in [-0.2, -0.15) is 0 Å². The van der Waals surface area contributed by atoms with Crippen molar-refractivity contribution in [1.82, 2.24) is 14.9 Å². The van der Waals surface area contributed by atoms with Crippen molar-refractivity contribution in [2.75, 3.05) is 43.9 Å². The first kappa shape index (κ1) is 30.8. The van der Waals surface area contributed by atoms with Gasteiger partial charge in [-0.15, -0.1) is 0 Å². The largest absolute Gasteiger partial charge is 0.480 e. The van der Waals surface area contributed by atoms with E-state index in [9.17, 15) is 22.0 Å². The lowest BCUT2D eigenvalue weighted by Gasteiger charge is -2.26. The van der Waals surface area contributed by atoms with E-state index in [1.54, 1.807) is 41.3 Å². The highest BCUT2D eigenvalue weighted by Gasteiger charge is 2.23. The number of sulfonamides is 1. The molecule has 6 rings (SSSR count). The highest BCUT2D eigenvalue weighted by molar-refractivity contribution is 7.92. The summed E-state index contributed by atoms with van der Waals surface area (Å²) in [7, 11) is -3.24. The third-order valence-corrected chi connectivity index (χ3v) is 8.87. The highest BCUT2D eigenvalue weighted by Crippen LogP contribution is 2.36. The van der Waals surface area contributed by atoms with Gasteiger partial charge < -0.3 is 20.1 Å². The molecule has 0 unspecified atom stereocenters. The number of nitrogen functional groups attached to an aromatic ring is 1. The summed E-state index contributed by atoms with van der Waals surface area (Å²) in [5.74, 6) is -3.17. The molecule has 10 nitrogen and oxygen atoms in total. The summed E-state index contributed by atoms with van der Waals surface area (Å²) < 4.78 is 82.5. The lowest BCUT2D eigenvalue weighted by atomic mass is 9.99. The van der Waals surface area contributed by atoms with Crippen molar-refractivity contribution in [3.63, 3.8) is 0 Å². The molecule has 0 radical (unpaired) electrons. The lowest BCUT2D eigenvalue weighted by molar-refractivity contribution is 0.0303. The molecule has 1 saturated heterocycles. The first-order valence-electron chi connectivity index (χ1n) is 13.9. The van der Waals surface area contributed by atoms with E-state index in [4.69, 9.17) is 15.2 Å². The van der Waals surface area contributed by atoms with E-state index in [1.165, 1.54) is 25.4 Å². The number of nitrogens with one attached hydrogen (secondary N) is 1.